The van der Waals surface area contributed by atoms with Crippen LogP contribution in [0.15, 0.2) is 47.6 Å². The summed E-state index contributed by atoms with van der Waals surface area (Å²) in [6, 6.07) is 13.0. The van der Waals surface area contributed by atoms with Crippen LogP contribution >= 0.6 is 0 Å². The van der Waals surface area contributed by atoms with Gasteiger partial charge in [0.2, 0.25) is 11.8 Å². The molecule has 0 fully saturated rings. The third-order valence-electron chi connectivity index (χ3n) is 3.95. The second kappa shape index (κ2) is 9.36. The minimum Gasteiger partial charge on any atom is -0.497 e. The molecule has 26 heavy (non-hydrogen) atoms. The van der Waals surface area contributed by atoms with Gasteiger partial charge in [0, 0.05) is 18.5 Å². The molecule has 2 amide bonds. The zero-order valence-electron chi connectivity index (χ0n) is 15.2. The van der Waals surface area contributed by atoms with E-state index in [0.717, 1.165) is 22.4 Å². The Bertz CT molecular complexity index is 816. The van der Waals surface area contributed by atoms with Crippen molar-refractivity contribution in [2.45, 2.75) is 26.7 Å². The van der Waals surface area contributed by atoms with E-state index in [1.807, 2.05) is 50.2 Å². The fourth-order valence-corrected chi connectivity index (χ4v) is 2.28. The molecule has 0 saturated heterocycles. The van der Waals surface area contributed by atoms with Gasteiger partial charge in [-0.1, -0.05) is 24.3 Å². The van der Waals surface area contributed by atoms with Crippen LogP contribution < -0.4 is 15.5 Å². The van der Waals surface area contributed by atoms with Crippen LogP contribution in [-0.2, 0) is 9.59 Å². The molecule has 0 unspecified atom stereocenters. The second-order valence-electron chi connectivity index (χ2n) is 5.87. The summed E-state index contributed by atoms with van der Waals surface area (Å²) in [5.41, 5.74) is 6.12. The standard InChI is InChI=1S/C20H23N3O3/c1-14-6-4-9-18(15(14)2)22-19(24)10-11-20(25)23-21-13-16-7-5-8-17(12-16)26-3/h4-9,12-13H,10-11H2,1-3H3,(H,22,24)(H,23,25). The van der Waals surface area contributed by atoms with Gasteiger partial charge in [-0.3, -0.25) is 9.59 Å². The van der Waals surface area contributed by atoms with Crippen molar-refractivity contribution in [3.8, 4) is 5.75 Å². The van der Waals surface area contributed by atoms with E-state index in [2.05, 4.69) is 15.8 Å². The molecular formula is C20H23N3O3. The van der Waals surface area contributed by atoms with Gasteiger partial charge in [0.1, 0.15) is 5.75 Å². The number of carbonyl (C=O) groups is 2. The van der Waals surface area contributed by atoms with Gasteiger partial charge in [0.05, 0.1) is 13.3 Å². The largest absolute Gasteiger partial charge is 0.497 e. The molecule has 2 N–H and O–H groups in total. The lowest BCUT2D eigenvalue weighted by molar-refractivity contribution is -0.124. The highest BCUT2D eigenvalue weighted by atomic mass is 16.5. The number of hydrogen-bond acceptors (Lipinski definition) is 4. The summed E-state index contributed by atoms with van der Waals surface area (Å²) < 4.78 is 5.12. The first-order valence-corrected chi connectivity index (χ1v) is 8.31. The lowest BCUT2D eigenvalue weighted by Crippen LogP contribution is -2.21. The molecule has 0 aliphatic carbocycles. The molecule has 6 nitrogen and oxygen atoms in total. The second-order valence-corrected chi connectivity index (χ2v) is 5.87. The normalized spacial score (nSPS) is 10.6. The van der Waals surface area contributed by atoms with Crippen LogP contribution in [0.1, 0.15) is 29.5 Å². The fraction of sp³-hybridized carbons (Fsp3) is 0.250. The number of rotatable bonds is 7. The third-order valence-corrected chi connectivity index (χ3v) is 3.95. The van der Waals surface area contributed by atoms with Crippen LogP contribution in [0.4, 0.5) is 5.69 Å². The number of methoxy groups -OCH3 is 1. The summed E-state index contributed by atoms with van der Waals surface area (Å²) in [6.45, 7) is 3.93. The molecule has 0 atom stereocenters. The monoisotopic (exact) mass is 353 g/mol. The van der Waals surface area contributed by atoms with Crippen molar-refractivity contribution in [3.05, 3.63) is 59.2 Å². The van der Waals surface area contributed by atoms with Gasteiger partial charge in [0.25, 0.3) is 0 Å². The van der Waals surface area contributed by atoms with Crippen molar-refractivity contribution >= 4 is 23.7 Å². The summed E-state index contributed by atoms with van der Waals surface area (Å²) in [6.07, 6.45) is 1.68. The molecule has 2 aromatic rings. The maximum atomic E-state index is 12.0. The van der Waals surface area contributed by atoms with Crippen molar-refractivity contribution in [1.29, 1.82) is 0 Å². The number of hydrogen-bond donors (Lipinski definition) is 2. The number of ether oxygens (including phenoxy) is 1. The van der Waals surface area contributed by atoms with Crippen molar-refractivity contribution in [1.82, 2.24) is 5.43 Å². The SMILES string of the molecule is COc1cccc(C=NNC(=O)CCC(=O)Nc2cccc(C)c2C)c1. The van der Waals surface area contributed by atoms with Gasteiger partial charge in [0.15, 0.2) is 0 Å². The molecule has 0 aromatic heterocycles. The van der Waals surface area contributed by atoms with Crippen molar-refractivity contribution in [2.24, 2.45) is 5.10 Å². The van der Waals surface area contributed by atoms with E-state index in [9.17, 15) is 9.59 Å². The van der Waals surface area contributed by atoms with Gasteiger partial charge >= 0.3 is 0 Å². The minimum absolute atomic E-state index is 0.0617. The number of anilines is 1. The Kier molecular flexibility index (Phi) is 6.91. The van der Waals surface area contributed by atoms with E-state index < -0.39 is 0 Å². The quantitative estimate of drug-likeness (QED) is 0.593. The molecule has 0 radical (unpaired) electrons. The van der Waals surface area contributed by atoms with Crippen LogP contribution in [0, 0.1) is 13.8 Å². The summed E-state index contributed by atoms with van der Waals surface area (Å²) in [5, 5.41) is 6.72. The van der Waals surface area contributed by atoms with Gasteiger partial charge in [-0.15, -0.1) is 0 Å². The Hall–Kier alpha value is -3.15. The van der Waals surface area contributed by atoms with E-state index >= 15 is 0 Å². The molecule has 0 spiro atoms. The molecule has 0 aliphatic rings. The molecule has 6 heteroatoms. The fourth-order valence-electron chi connectivity index (χ4n) is 2.28. The summed E-state index contributed by atoms with van der Waals surface area (Å²) in [7, 11) is 1.58. The van der Waals surface area contributed by atoms with Crippen LogP contribution in [0.3, 0.4) is 0 Å². The van der Waals surface area contributed by atoms with Crippen LogP contribution in [0.2, 0.25) is 0 Å². The highest BCUT2D eigenvalue weighted by molar-refractivity contribution is 5.94. The number of hydrazone groups is 1. The highest BCUT2D eigenvalue weighted by Crippen LogP contribution is 2.18. The smallest absolute Gasteiger partial charge is 0.240 e. The topological polar surface area (TPSA) is 79.8 Å². The first-order valence-electron chi connectivity index (χ1n) is 8.31. The maximum Gasteiger partial charge on any atom is 0.240 e. The van der Waals surface area contributed by atoms with E-state index in [1.165, 1.54) is 6.21 Å². The van der Waals surface area contributed by atoms with Crippen LogP contribution in [0.5, 0.6) is 5.75 Å². The Labute approximate surface area is 153 Å². The van der Waals surface area contributed by atoms with E-state index in [4.69, 9.17) is 4.74 Å². The number of benzene rings is 2. The molecule has 2 aromatic carbocycles. The Morgan fingerprint density at radius 1 is 1.08 bits per heavy atom. The molecule has 2 rings (SSSR count). The Morgan fingerprint density at radius 2 is 1.81 bits per heavy atom. The zero-order valence-corrected chi connectivity index (χ0v) is 15.2. The van der Waals surface area contributed by atoms with Gasteiger partial charge in [-0.25, -0.2) is 5.43 Å². The van der Waals surface area contributed by atoms with Gasteiger partial charge < -0.3 is 10.1 Å². The average molecular weight is 353 g/mol. The summed E-state index contributed by atoms with van der Waals surface area (Å²) in [5.74, 6) is 0.189. The first kappa shape index (κ1) is 19.2. The van der Waals surface area contributed by atoms with Crippen molar-refractivity contribution < 1.29 is 14.3 Å². The van der Waals surface area contributed by atoms with Crippen molar-refractivity contribution in [3.63, 3.8) is 0 Å². The third kappa shape index (κ3) is 5.73. The predicted octanol–water partition coefficient (Wildman–Crippen LogP) is 3.18. The number of aryl methyl sites for hydroxylation is 1. The van der Waals surface area contributed by atoms with Crippen molar-refractivity contribution in [2.75, 3.05) is 12.4 Å². The van der Waals surface area contributed by atoms with Gasteiger partial charge in [-0.05, 0) is 48.7 Å². The molecular weight excluding hydrogens is 330 g/mol. The Morgan fingerprint density at radius 3 is 2.58 bits per heavy atom. The van der Waals surface area contributed by atoms with E-state index in [0.29, 0.717) is 5.75 Å². The minimum atomic E-state index is -0.319. The van der Waals surface area contributed by atoms with Gasteiger partial charge in [-0.2, -0.15) is 5.10 Å². The lowest BCUT2D eigenvalue weighted by Gasteiger charge is -2.10. The number of nitrogens with zero attached hydrogens (tertiary/aromatic N) is 1. The molecule has 0 bridgehead atoms. The molecule has 0 saturated carbocycles. The molecule has 136 valence electrons. The zero-order chi connectivity index (χ0) is 18.9. The number of amides is 2. The average Bonchev–Trinajstić information content (AvgIpc) is 2.64. The maximum absolute atomic E-state index is 12.0. The number of nitrogens with one attached hydrogen (secondary N) is 2. The van der Waals surface area contributed by atoms with Crippen LogP contribution in [-0.4, -0.2) is 25.1 Å². The molecule has 0 heterocycles. The van der Waals surface area contributed by atoms with E-state index in [-0.39, 0.29) is 24.7 Å². The Balaban J connectivity index is 1.78. The molecule has 0 aliphatic heterocycles. The highest BCUT2D eigenvalue weighted by Gasteiger charge is 2.08. The summed E-state index contributed by atoms with van der Waals surface area (Å²) in [4.78, 5) is 23.8. The lowest BCUT2D eigenvalue weighted by atomic mass is 10.1. The first-order chi connectivity index (χ1) is 12.5. The van der Waals surface area contributed by atoms with E-state index in [1.54, 1.807) is 13.2 Å². The summed E-state index contributed by atoms with van der Waals surface area (Å²) >= 11 is 0. The van der Waals surface area contributed by atoms with Crippen LogP contribution in [0.25, 0.3) is 0 Å². The number of carbonyl (C=O) groups excluding carboxylic acids is 2. The predicted molar refractivity (Wildman–Crippen MR) is 103 cm³/mol.